The first-order valence-corrected chi connectivity index (χ1v) is 25.0. The van der Waals surface area contributed by atoms with Gasteiger partial charge >= 0.3 is 118 Å². The van der Waals surface area contributed by atoms with Crippen molar-refractivity contribution in [3.63, 3.8) is 0 Å². The maximum Gasteiger partial charge on any atom is 1.00 e. The van der Waals surface area contributed by atoms with Crippen molar-refractivity contribution in [2.24, 2.45) is 40.9 Å². The molecule has 0 spiro atoms. The Morgan fingerprint density at radius 1 is 0.378 bits per heavy atom. The summed E-state index contributed by atoms with van der Waals surface area (Å²) in [6, 6.07) is 24.4. The number of azo groups is 4. The van der Waals surface area contributed by atoms with Gasteiger partial charge in [0.25, 0.3) is 0 Å². The number of rotatable bonds is 16. The molecule has 0 radical (unpaired) electrons. The second-order valence-electron chi connectivity index (χ2n) is 14.2. The SMILES string of the molecule is Cc1cc(NC(=O)/C=C/C(=O)Nc2ccc(N=Nc3ccc(N=Nc4ccc(S(=O)(=O)[O-])cc4)cc3S(=O)(=O)[O-])c(C)c2)ccc1N=Nc1ccc(N=Nc2ccc(S(=O)(=O)[O-])cc2)cc1S(=O)(=O)[O-].[Na+].[Na+].[Na+].[Na+]. The van der Waals surface area contributed by atoms with Crippen LogP contribution in [0.2, 0.25) is 0 Å². The number of carbonyl (C=O) groups is 2. The molecule has 0 atom stereocenters. The van der Waals surface area contributed by atoms with E-state index in [9.17, 15) is 61.5 Å². The van der Waals surface area contributed by atoms with Gasteiger partial charge in [0.2, 0.25) is 11.8 Å². The summed E-state index contributed by atoms with van der Waals surface area (Å²) >= 11 is 0. The molecule has 0 aromatic heterocycles. The van der Waals surface area contributed by atoms with Crippen LogP contribution in [0.3, 0.4) is 0 Å². The van der Waals surface area contributed by atoms with Crippen LogP contribution in [0.1, 0.15) is 11.1 Å². The van der Waals surface area contributed by atoms with E-state index in [0.717, 1.165) is 48.6 Å². The van der Waals surface area contributed by atoms with Crippen LogP contribution < -0.4 is 129 Å². The van der Waals surface area contributed by atoms with Crippen molar-refractivity contribution in [1.29, 1.82) is 0 Å². The standard InChI is InChI=1S/C42H34N10O14S4.4Na/c1-25-21-29(7-15-35(25)49-51-37-17-9-31(23-39(37)69(61,62)63)47-45-27-3-11-33(12-4-27)67(55,56)57)43-41(53)19-20-42(54)44-30-8-16-36(26(2)22-30)50-52-38-18-10-32(24-40(38)70(64,65)66)48-46-28-5-13-34(14-6-28)68(58,59)60;;;;/h3-24H,1-2H3,(H,43,53)(H,44,54)(H,55,56,57)(H,58,59,60)(H,61,62,63)(H,64,65,66);;;;/q;4*+1/p-4/b20-19+,47-45?,48-46?,51-49?,52-50?;;;;. The van der Waals surface area contributed by atoms with Crippen LogP contribution in [0, 0.1) is 13.8 Å². The molecule has 0 aliphatic heterocycles. The van der Waals surface area contributed by atoms with E-state index in [1.54, 1.807) is 13.8 Å². The summed E-state index contributed by atoms with van der Waals surface area (Å²) in [4.78, 5) is 22.8. The number of aryl methyl sites for hydroxylation is 2. The first-order chi connectivity index (χ1) is 32.8. The van der Waals surface area contributed by atoms with Gasteiger partial charge in [0.05, 0.1) is 53.7 Å². The Bertz CT molecular complexity index is 3440. The molecule has 2 amide bonds. The number of nitrogens with zero attached hydrogens (tertiary/aromatic N) is 8. The number of hydrogen-bond donors (Lipinski definition) is 2. The average molecular weight is 1120 g/mol. The Morgan fingerprint density at radius 3 is 0.959 bits per heavy atom. The molecule has 6 rings (SSSR count). The van der Waals surface area contributed by atoms with Crippen LogP contribution in [0.25, 0.3) is 0 Å². The molecule has 32 heteroatoms. The van der Waals surface area contributed by atoms with E-state index in [2.05, 4.69) is 51.5 Å². The largest absolute Gasteiger partial charge is 1.00 e. The van der Waals surface area contributed by atoms with Crippen molar-refractivity contribution >= 4 is 109 Å². The molecular weight excluding hydrogens is 1090 g/mol. The molecule has 6 aromatic carbocycles. The van der Waals surface area contributed by atoms with Gasteiger partial charge in [-0.15, -0.1) is 10.2 Å². The van der Waals surface area contributed by atoms with Gasteiger partial charge in [0.1, 0.15) is 51.8 Å². The van der Waals surface area contributed by atoms with E-state index in [0.29, 0.717) is 11.1 Å². The number of hydrogen-bond acceptors (Lipinski definition) is 22. The van der Waals surface area contributed by atoms with Gasteiger partial charge in [-0.2, -0.15) is 30.7 Å². The Labute approximate surface area is 512 Å². The zero-order valence-corrected chi connectivity index (χ0v) is 50.9. The summed E-state index contributed by atoms with van der Waals surface area (Å²) in [5.74, 6) is -1.38. The fourth-order valence-electron chi connectivity index (χ4n) is 5.71. The monoisotopic (exact) mass is 1120 g/mol. The number of anilines is 2. The minimum absolute atomic E-state index is 0. The van der Waals surface area contributed by atoms with Crippen molar-refractivity contribution < 1.29 is 180 Å². The molecule has 360 valence electrons. The van der Waals surface area contributed by atoms with Crippen LogP contribution in [0.4, 0.5) is 56.9 Å². The second kappa shape index (κ2) is 28.4. The summed E-state index contributed by atoms with van der Waals surface area (Å²) in [6.45, 7) is 3.22. The predicted octanol–water partition coefficient (Wildman–Crippen LogP) is -3.27. The van der Waals surface area contributed by atoms with Crippen molar-refractivity contribution in [1.82, 2.24) is 0 Å². The van der Waals surface area contributed by atoms with E-state index in [-0.39, 0.29) is 175 Å². The molecule has 0 aliphatic carbocycles. The maximum absolute atomic E-state index is 12.7. The normalized spacial score (nSPS) is 12.0. The summed E-state index contributed by atoms with van der Waals surface area (Å²) in [6.07, 6.45) is 1.93. The topological polar surface area (TPSA) is 386 Å². The number of benzene rings is 6. The Morgan fingerprint density at radius 2 is 0.662 bits per heavy atom. The van der Waals surface area contributed by atoms with Crippen LogP contribution >= 0.6 is 0 Å². The Balaban J connectivity index is 0.00000469. The molecule has 0 aliphatic rings. The van der Waals surface area contributed by atoms with Crippen LogP contribution in [0.5, 0.6) is 0 Å². The molecule has 74 heavy (non-hydrogen) atoms. The van der Waals surface area contributed by atoms with Gasteiger partial charge in [-0.25, -0.2) is 33.7 Å². The van der Waals surface area contributed by atoms with Crippen LogP contribution in [-0.4, -0.2) is 63.7 Å². The molecular formula is C42H30N10Na4O14S4. The van der Waals surface area contributed by atoms with Crippen molar-refractivity contribution in [3.8, 4) is 0 Å². The minimum Gasteiger partial charge on any atom is -0.744 e. The van der Waals surface area contributed by atoms with E-state index in [1.807, 2.05) is 0 Å². The predicted molar refractivity (Wildman–Crippen MR) is 243 cm³/mol. The van der Waals surface area contributed by atoms with Gasteiger partial charge in [-0.3, -0.25) is 9.59 Å². The first-order valence-electron chi connectivity index (χ1n) is 19.3. The Kier molecular flexibility index (Phi) is 25.4. The number of nitrogens with one attached hydrogen (secondary N) is 2. The minimum atomic E-state index is -5.09. The van der Waals surface area contributed by atoms with E-state index in [1.165, 1.54) is 84.9 Å². The molecule has 0 bridgehead atoms. The van der Waals surface area contributed by atoms with Gasteiger partial charge < -0.3 is 28.8 Å². The van der Waals surface area contributed by atoms with E-state index < -0.39 is 71.9 Å². The van der Waals surface area contributed by atoms with Gasteiger partial charge in [-0.05, 0) is 146 Å². The summed E-state index contributed by atoms with van der Waals surface area (Å²) in [5.41, 5.74) is 1.46. The third-order valence-electron chi connectivity index (χ3n) is 9.08. The van der Waals surface area contributed by atoms with Crippen molar-refractivity contribution in [3.05, 3.63) is 145 Å². The zero-order chi connectivity index (χ0) is 51.0. The smallest absolute Gasteiger partial charge is 0.744 e. The van der Waals surface area contributed by atoms with Gasteiger partial charge in [0, 0.05) is 23.5 Å². The average Bonchev–Trinajstić information content (AvgIpc) is 3.28. The zero-order valence-electron chi connectivity index (χ0n) is 39.6. The third kappa shape index (κ3) is 19.6. The molecule has 0 saturated heterocycles. The number of amides is 2. The molecule has 2 N–H and O–H groups in total. The summed E-state index contributed by atoms with van der Waals surface area (Å²) in [7, 11) is -19.6. The summed E-state index contributed by atoms with van der Waals surface area (Å²) < 4.78 is 139. The maximum atomic E-state index is 12.7. The quantitative estimate of drug-likeness (QED) is 0.0416. The molecule has 0 saturated carbocycles. The molecule has 0 heterocycles. The molecule has 0 fully saturated rings. The van der Waals surface area contributed by atoms with Gasteiger partial charge in [0.15, 0.2) is 0 Å². The second-order valence-corrected chi connectivity index (χ2v) is 19.7. The van der Waals surface area contributed by atoms with Gasteiger partial charge in [-0.1, -0.05) is 0 Å². The number of carbonyl (C=O) groups excluding carboxylic acids is 2. The van der Waals surface area contributed by atoms with E-state index in [4.69, 9.17) is 0 Å². The fourth-order valence-corrected chi connectivity index (χ4v) is 7.91. The van der Waals surface area contributed by atoms with Crippen LogP contribution in [0.15, 0.2) is 194 Å². The molecule has 0 unspecified atom stereocenters. The fraction of sp³-hybridized carbons (Fsp3) is 0.0476. The van der Waals surface area contributed by atoms with Crippen molar-refractivity contribution in [2.45, 2.75) is 33.4 Å². The van der Waals surface area contributed by atoms with Crippen LogP contribution in [-0.2, 0) is 50.1 Å². The Hall–Kier alpha value is -3.96. The van der Waals surface area contributed by atoms with E-state index >= 15 is 0 Å². The van der Waals surface area contributed by atoms with Crippen molar-refractivity contribution in [2.75, 3.05) is 10.6 Å². The summed E-state index contributed by atoms with van der Waals surface area (Å²) in [5, 5.41) is 36.5. The third-order valence-corrected chi connectivity index (χ3v) is 12.5. The molecule has 24 nitrogen and oxygen atoms in total. The molecule has 6 aromatic rings. The first kappa shape index (κ1) is 66.2.